The molecule has 24 heavy (non-hydrogen) atoms. The third-order valence-corrected chi connectivity index (χ3v) is 5.46. The van der Waals surface area contributed by atoms with Gasteiger partial charge in [0.1, 0.15) is 5.82 Å². The molecule has 3 heteroatoms. The lowest BCUT2D eigenvalue weighted by atomic mass is 9.68. The Balaban J connectivity index is 3.40. The average Bonchev–Trinajstić information content (AvgIpc) is 2.48. The van der Waals surface area contributed by atoms with Gasteiger partial charge in [0, 0.05) is 17.1 Å². The van der Waals surface area contributed by atoms with Crippen LogP contribution >= 0.6 is 0 Å². The van der Waals surface area contributed by atoms with E-state index in [1.807, 2.05) is 31.7 Å². The summed E-state index contributed by atoms with van der Waals surface area (Å²) in [5, 5.41) is 0. The van der Waals surface area contributed by atoms with Gasteiger partial charge in [0.25, 0.3) is 0 Å². The van der Waals surface area contributed by atoms with E-state index < -0.39 is 5.41 Å². The van der Waals surface area contributed by atoms with E-state index in [4.69, 9.17) is 0 Å². The fourth-order valence-corrected chi connectivity index (χ4v) is 2.72. The number of benzene rings is 1. The molecule has 1 aromatic carbocycles. The first-order chi connectivity index (χ1) is 11.0. The average molecular weight is 336 g/mol. The molecule has 0 spiro atoms. The van der Waals surface area contributed by atoms with Crippen LogP contribution in [-0.4, -0.2) is 11.9 Å². The first kappa shape index (κ1) is 20.7. The van der Waals surface area contributed by atoms with Crippen LogP contribution in [0, 0.1) is 16.6 Å². The van der Waals surface area contributed by atoms with Gasteiger partial charge in [0.15, 0.2) is 0 Å². The highest BCUT2D eigenvalue weighted by atomic mass is 19.1. The molecule has 0 N–H and O–H groups in total. The van der Waals surface area contributed by atoms with Crippen LogP contribution in [0.1, 0.15) is 73.8 Å². The maximum atomic E-state index is 13.9. The van der Waals surface area contributed by atoms with Gasteiger partial charge in [-0.1, -0.05) is 54.9 Å². The predicted octanol–water partition coefficient (Wildman–Crippen LogP) is 5.98. The van der Waals surface area contributed by atoms with Gasteiger partial charge in [-0.25, -0.2) is 4.39 Å². The van der Waals surface area contributed by atoms with E-state index >= 15 is 0 Å². The maximum Gasteiger partial charge on any atom is 0.233 e. The molecule has 0 saturated carbocycles. The molecule has 2 nitrogen and oxygen atoms in total. The minimum absolute atomic E-state index is 0.0827. The molecule has 0 aliphatic carbocycles. The second kappa shape index (κ2) is 7.67. The fraction of sp³-hybridized carbons (Fsp3) is 0.667. The van der Waals surface area contributed by atoms with E-state index in [1.165, 1.54) is 6.07 Å². The van der Waals surface area contributed by atoms with Gasteiger partial charge in [0.2, 0.25) is 5.91 Å². The number of carbonyl (C=O) groups excluding carboxylic acids is 1. The molecule has 1 aromatic rings. The molecule has 0 aliphatic rings. The Morgan fingerprint density at radius 1 is 1.17 bits per heavy atom. The van der Waals surface area contributed by atoms with Crippen molar-refractivity contribution in [2.75, 3.05) is 4.90 Å². The summed E-state index contributed by atoms with van der Waals surface area (Å²) in [6.07, 6.45) is 2.54. The summed E-state index contributed by atoms with van der Waals surface area (Å²) in [4.78, 5) is 15.3. The second-order valence-electron chi connectivity index (χ2n) is 8.32. The number of amides is 1. The number of nitrogens with zero attached hydrogens (tertiary/aromatic N) is 1. The number of hydrogen-bond acceptors (Lipinski definition) is 1. The van der Waals surface area contributed by atoms with Gasteiger partial charge in [-0.05, 0) is 48.9 Å². The highest BCUT2D eigenvalue weighted by molar-refractivity contribution is 5.98. The summed E-state index contributed by atoms with van der Waals surface area (Å²) in [6, 6.07) is 5.13. The topological polar surface area (TPSA) is 20.3 Å². The molecule has 1 atom stereocenters. The molecule has 136 valence electrons. The Kier molecular flexibility index (Phi) is 6.60. The van der Waals surface area contributed by atoms with Crippen molar-refractivity contribution >= 4 is 11.6 Å². The first-order valence-corrected chi connectivity index (χ1v) is 9.09. The lowest BCUT2D eigenvalue weighted by molar-refractivity contribution is -0.132. The zero-order valence-corrected chi connectivity index (χ0v) is 16.7. The molecule has 0 saturated heterocycles. The number of carbonyl (C=O) groups is 1. The van der Waals surface area contributed by atoms with Gasteiger partial charge >= 0.3 is 0 Å². The van der Waals surface area contributed by atoms with E-state index in [0.29, 0.717) is 12.0 Å². The number of halogens is 1. The Hall–Kier alpha value is -1.38. The number of anilines is 1. The molecule has 0 fully saturated rings. The molecule has 0 aromatic heterocycles. The Morgan fingerprint density at radius 3 is 2.21 bits per heavy atom. The molecule has 0 heterocycles. The van der Waals surface area contributed by atoms with Crippen molar-refractivity contribution in [3.8, 4) is 0 Å². The first-order valence-electron chi connectivity index (χ1n) is 9.09. The van der Waals surface area contributed by atoms with Crippen LogP contribution in [0.3, 0.4) is 0 Å². The van der Waals surface area contributed by atoms with Crippen molar-refractivity contribution < 1.29 is 9.18 Å². The minimum atomic E-state index is -0.518. The zero-order chi connectivity index (χ0) is 18.7. The van der Waals surface area contributed by atoms with Crippen LogP contribution < -0.4 is 4.90 Å². The van der Waals surface area contributed by atoms with Crippen molar-refractivity contribution in [2.45, 2.75) is 80.7 Å². The fourth-order valence-electron chi connectivity index (χ4n) is 2.72. The molecule has 0 radical (unpaired) electrons. The van der Waals surface area contributed by atoms with Crippen molar-refractivity contribution in [1.82, 2.24) is 0 Å². The summed E-state index contributed by atoms with van der Waals surface area (Å²) in [6.45, 7) is 16.4. The smallest absolute Gasteiger partial charge is 0.233 e. The second-order valence-corrected chi connectivity index (χ2v) is 8.32. The minimum Gasteiger partial charge on any atom is -0.309 e. The summed E-state index contributed by atoms with van der Waals surface area (Å²) < 4.78 is 13.9. The van der Waals surface area contributed by atoms with Crippen molar-refractivity contribution in [3.63, 3.8) is 0 Å². The monoisotopic (exact) mass is 335 g/mol. The van der Waals surface area contributed by atoms with Gasteiger partial charge in [-0.15, -0.1) is 0 Å². The number of aryl methyl sites for hydroxylation is 1. The normalized spacial score (nSPS) is 13.7. The highest BCUT2D eigenvalue weighted by Crippen LogP contribution is 2.41. The highest BCUT2D eigenvalue weighted by Gasteiger charge is 2.43. The zero-order valence-electron chi connectivity index (χ0n) is 16.7. The largest absolute Gasteiger partial charge is 0.309 e. The molecule has 0 aliphatic heterocycles. The summed E-state index contributed by atoms with van der Waals surface area (Å²) in [5.41, 5.74) is 0.775. The van der Waals surface area contributed by atoms with Crippen LogP contribution in [0.4, 0.5) is 10.1 Å². The maximum absolute atomic E-state index is 13.9. The van der Waals surface area contributed by atoms with Gasteiger partial charge in [0.05, 0.1) is 0 Å². The molecule has 0 bridgehead atoms. The summed E-state index contributed by atoms with van der Waals surface area (Å²) in [7, 11) is 0. The quantitative estimate of drug-likeness (QED) is 0.626. The number of hydrogen-bond donors (Lipinski definition) is 0. The number of rotatable bonds is 6. The summed E-state index contributed by atoms with van der Waals surface area (Å²) >= 11 is 0. The van der Waals surface area contributed by atoms with Crippen LogP contribution in [0.5, 0.6) is 0 Å². The molecular formula is C21H34FNO. The SMILES string of the molecule is CCCC(C)N(C(=O)C(C)(C)C(C)(C)C)c1ccc(F)c(CC)c1. The van der Waals surface area contributed by atoms with Crippen LogP contribution in [0.15, 0.2) is 18.2 Å². The van der Waals surface area contributed by atoms with Gasteiger partial charge in [-0.3, -0.25) is 4.79 Å². The van der Waals surface area contributed by atoms with Crippen molar-refractivity contribution in [2.24, 2.45) is 10.8 Å². The third-order valence-electron chi connectivity index (χ3n) is 5.46. The molecule has 1 amide bonds. The Labute approximate surface area is 147 Å². The van der Waals surface area contributed by atoms with Crippen molar-refractivity contribution in [1.29, 1.82) is 0 Å². The van der Waals surface area contributed by atoms with Crippen LogP contribution in [0.25, 0.3) is 0 Å². The lowest BCUT2D eigenvalue weighted by Crippen LogP contribution is -2.51. The summed E-state index contributed by atoms with van der Waals surface area (Å²) in [5.74, 6) is -0.100. The Morgan fingerprint density at radius 2 is 1.75 bits per heavy atom. The van der Waals surface area contributed by atoms with E-state index in [1.54, 1.807) is 6.07 Å². The van der Waals surface area contributed by atoms with E-state index in [9.17, 15) is 9.18 Å². The van der Waals surface area contributed by atoms with Crippen molar-refractivity contribution in [3.05, 3.63) is 29.6 Å². The van der Waals surface area contributed by atoms with E-state index in [2.05, 4.69) is 34.6 Å². The molecular weight excluding hydrogens is 301 g/mol. The Bertz CT molecular complexity index is 572. The van der Waals surface area contributed by atoms with E-state index in [-0.39, 0.29) is 23.2 Å². The standard InChI is InChI=1S/C21H34FNO/c1-9-11-15(3)23(19(24)21(7,8)20(4,5)6)17-12-13-18(22)16(10-2)14-17/h12-15H,9-11H2,1-8H3. The van der Waals surface area contributed by atoms with E-state index in [0.717, 1.165) is 18.5 Å². The van der Waals surface area contributed by atoms with Gasteiger partial charge in [-0.2, -0.15) is 0 Å². The van der Waals surface area contributed by atoms with Crippen LogP contribution in [-0.2, 0) is 11.2 Å². The third kappa shape index (κ3) is 4.17. The predicted molar refractivity (Wildman–Crippen MR) is 101 cm³/mol. The molecule has 1 rings (SSSR count). The molecule has 1 unspecified atom stereocenters. The van der Waals surface area contributed by atoms with Gasteiger partial charge < -0.3 is 4.90 Å². The van der Waals surface area contributed by atoms with Crippen LogP contribution in [0.2, 0.25) is 0 Å². The lowest BCUT2D eigenvalue weighted by Gasteiger charge is -2.43.